The van der Waals surface area contributed by atoms with Crippen LogP contribution in [0.4, 0.5) is 0 Å². The monoisotopic (exact) mass is 525 g/mol. The predicted octanol–water partition coefficient (Wildman–Crippen LogP) is 8.95. The largest absolute Gasteiger partial charge is 0.255 e. The van der Waals surface area contributed by atoms with E-state index in [1.807, 2.05) is 11.3 Å². The Morgan fingerprint density at radius 3 is 2.14 bits per heavy atom. The van der Waals surface area contributed by atoms with Gasteiger partial charge in [0.05, 0.1) is 26.5 Å². The smallest absolute Gasteiger partial charge is 0.0880 e. The van der Waals surface area contributed by atoms with Crippen LogP contribution in [0.1, 0.15) is 26.3 Å². The summed E-state index contributed by atoms with van der Waals surface area (Å²) in [5.41, 5.74) is 4.12. The van der Waals surface area contributed by atoms with E-state index in [0.29, 0.717) is 0 Å². The highest BCUT2D eigenvalue weighted by Crippen LogP contribution is 2.40. The van der Waals surface area contributed by atoms with Crippen molar-refractivity contribution in [3.63, 3.8) is 0 Å². The second-order valence-electron chi connectivity index (χ2n) is 13.6. The van der Waals surface area contributed by atoms with E-state index in [4.69, 9.17) is 4.98 Å². The maximum Gasteiger partial charge on any atom is 0.0880 e. The number of hydrogen-bond donors (Lipinski definition) is 0. The molecule has 1 nitrogen and oxygen atoms in total. The molecule has 5 aromatic rings. The molecular formula is C32H39NSSi2. The van der Waals surface area contributed by atoms with Gasteiger partial charge in [-0.05, 0) is 45.5 Å². The molecule has 0 saturated carbocycles. The van der Waals surface area contributed by atoms with E-state index in [-0.39, 0.29) is 5.41 Å². The molecule has 0 amide bonds. The Kier molecular flexibility index (Phi) is 6.09. The maximum atomic E-state index is 5.21. The van der Waals surface area contributed by atoms with Gasteiger partial charge in [0, 0.05) is 27.2 Å². The lowest BCUT2D eigenvalue weighted by molar-refractivity contribution is 0.411. The molecule has 0 fully saturated rings. The molecule has 0 aliphatic heterocycles. The number of fused-ring (bicyclic) bond motifs is 4. The van der Waals surface area contributed by atoms with Crippen LogP contribution in [0.2, 0.25) is 39.3 Å². The lowest BCUT2D eigenvalue weighted by Gasteiger charge is -2.22. The summed E-state index contributed by atoms with van der Waals surface area (Å²) < 4.78 is 2.75. The molecular weight excluding hydrogens is 487 g/mol. The molecule has 3 aromatic carbocycles. The molecule has 0 spiro atoms. The topological polar surface area (TPSA) is 12.9 Å². The minimum atomic E-state index is -1.59. The van der Waals surface area contributed by atoms with Crippen LogP contribution in [-0.4, -0.2) is 21.1 Å². The first-order valence-electron chi connectivity index (χ1n) is 13.1. The highest BCUT2D eigenvalue weighted by atomic mass is 32.1. The lowest BCUT2D eigenvalue weighted by atomic mass is 9.88. The standard InChI is InChI=1S/C32H39NSSi2/c1-32(2,3)19-21-14-15-25-26(16-21)34-31-29(25)28(36(7,8)9)20-33-30(31)23-17-22-12-10-11-13-24(22)27(18-23)35(4,5)6/h10-18,20H,19H2,1-9H3. The molecule has 0 unspecified atom stereocenters. The van der Waals surface area contributed by atoms with Crippen molar-refractivity contribution in [3.8, 4) is 11.3 Å². The second kappa shape index (κ2) is 8.64. The van der Waals surface area contributed by atoms with Gasteiger partial charge in [0.25, 0.3) is 0 Å². The quantitative estimate of drug-likeness (QED) is 0.213. The Labute approximate surface area is 222 Å². The van der Waals surface area contributed by atoms with Crippen LogP contribution in [0.15, 0.2) is 60.8 Å². The van der Waals surface area contributed by atoms with E-state index in [1.165, 1.54) is 52.4 Å². The third kappa shape index (κ3) is 4.71. The molecule has 0 saturated heterocycles. The molecule has 186 valence electrons. The summed E-state index contributed by atoms with van der Waals surface area (Å²) in [6, 6.07) is 20.9. The van der Waals surface area contributed by atoms with E-state index in [2.05, 4.69) is 121 Å². The highest BCUT2D eigenvalue weighted by molar-refractivity contribution is 7.26. The first-order valence-corrected chi connectivity index (χ1v) is 20.9. The van der Waals surface area contributed by atoms with E-state index in [9.17, 15) is 0 Å². The van der Waals surface area contributed by atoms with Crippen molar-refractivity contribution in [1.82, 2.24) is 4.98 Å². The van der Waals surface area contributed by atoms with Crippen molar-refractivity contribution in [2.75, 3.05) is 0 Å². The number of rotatable bonds is 4. The summed E-state index contributed by atoms with van der Waals surface area (Å²) in [4.78, 5) is 5.21. The SMILES string of the molecule is CC(C)(C)Cc1ccc2c(c1)sc1c(-c3cc([Si](C)(C)C)c4ccccc4c3)ncc([Si](C)(C)C)c12. The second-order valence-corrected chi connectivity index (χ2v) is 24.8. The molecule has 36 heavy (non-hydrogen) atoms. The molecule has 4 heteroatoms. The van der Waals surface area contributed by atoms with Crippen molar-refractivity contribution in [2.45, 2.75) is 66.5 Å². The number of benzene rings is 3. The van der Waals surface area contributed by atoms with E-state index >= 15 is 0 Å². The van der Waals surface area contributed by atoms with Gasteiger partial charge in [-0.15, -0.1) is 11.3 Å². The Bertz CT molecular complexity index is 1610. The van der Waals surface area contributed by atoms with Crippen molar-refractivity contribution in [2.24, 2.45) is 5.41 Å². The van der Waals surface area contributed by atoms with Crippen LogP contribution >= 0.6 is 11.3 Å². The fourth-order valence-electron chi connectivity index (χ4n) is 5.39. The van der Waals surface area contributed by atoms with Gasteiger partial charge in [0.15, 0.2) is 0 Å². The maximum absolute atomic E-state index is 5.21. The van der Waals surface area contributed by atoms with Crippen LogP contribution < -0.4 is 10.4 Å². The van der Waals surface area contributed by atoms with E-state index in [1.54, 1.807) is 0 Å². The first-order chi connectivity index (χ1) is 16.7. The van der Waals surface area contributed by atoms with Gasteiger partial charge in [-0.1, -0.05) is 108 Å². The average molecular weight is 526 g/mol. The summed E-state index contributed by atoms with van der Waals surface area (Å²) in [6.45, 7) is 21.7. The van der Waals surface area contributed by atoms with Crippen molar-refractivity contribution >= 4 is 68.8 Å². The molecule has 0 bridgehead atoms. The van der Waals surface area contributed by atoms with Gasteiger partial charge in [-0.2, -0.15) is 0 Å². The molecule has 0 N–H and O–H groups in total. The van der Waals surface area contributed by atoms with Crippen LogP contribution in [-0.2, 0) is 6.42 Å². The van der Waals surface area contributed by atoms with Crippen LogP contribution in [0.5, 0.6) is 0 Å². The fourth-order valence-corrected chi connectivity index (χ4v) is 9.87. The first kappa shape index (κ1) is 25.4. The number of nitrogens with zero attached hydrogens (tertiary/aromatic N) is 1. The van der Waals surface area contributed by atoms with Crippen LogP contribution in [0.25, 0.3) is 42.2 Å². The minimum absolute atomic E-state index is 0.277. The van der Waals surface area contributed by atoms with Gasteiger partial charge < -0.3 is 0 Å². The van der Waals surface area contributed by atoms with Gasteiger partial charge in [-0.25, -0.2) is 0 Å². The van der Waals surface area contributed by atoms with Gasteiger partial charge in [0.2, 0.25) is 0 Å². The summed E-state index contributed by atoms with van der Waals surface area (Å²) in [5.74, 6) is 0. The zero-order valence-electron chi connectivity index (χ0n) is 23.3. The third-order valence-corrected chi connectivity index (χ3v) is 12.2. The number of thiophene rings is 1. The van der Waals surface area contributed by atoms with Crippen molar-refractivity contribution in [3.05, 3.63) is 66.4 Å². The Morgan fingerprint density at radius 1 is 0.778 bits per heavy atom. The summed E-state index contributed by atoms with van der Waals surface area (Å²) in [5, 5.41) is 8.57. The van der Waals surface area contributed by atoms with Crippen LogP contribution in [0, 0.1) is 5.41 Å². The third-order valence-electron chi connectivity index (χ3n) is 7.05. The minimum Gasteiger partial charge on any atom is -0.255 e. The zero-order valence-corrected chi connectivity index (χ0v) is 26.2. The molecule has 0 atom stereocenters. The predicted molar refractivity (Wildman–Crippen MR) is 169 cm³/mol. The lowest BCUT2D eigenvalue weighted by Crippen LogP contribution is -2.38. The Morgan fingerprint density at radius 2 is 1.47 bits per heavy atom. The molecule has 0 aliphatic carbocycles. The average Bonchev–Trinajstić information content (AvgIpc) is 3.13. The Hall–Kier alpha value is -2.28. The van der Waals surface area contributed by atoms with E-state index in [0.717, 1.165) is 12.1 Å². The number of hydrogen-bond acceptors (Lipinski definition) is 2. The highest BCUT2D eigenvalue weighted by Gasteiger charge is 2.26. The number of aromatic nitrogens is 1. The molecule has 0 aliphatic rings. The molecule has 2 heterocycles. The Balaban J connectivity index is 1.83. The fraction of sp³-hybridized carbons (Fsp3) is 0.344. The summed E-state index contributed by atoms with van der Waals surface area (Å²) in [6.07, 6.45) is 3.30. The van der Waals surface area contributed by atoms with Crippen LogP contribution in [0.3, 0.4) is 0 Å². The van der Waals surface area contributed by atoms with Crippen molar-refractivity contribution < 1.29 is 0 Å². The van der Waals surface area contributed by atoms with Gasteiger partial charge in [0.1, 0.15) is 0 Å². The molecule has 5 rings (SSSR count). The summed E-state index contributed by atoms with van der Waals surface area (Å²) in [7, 11) is -3.14. The zero-order chi connectivity index (χ0) is 26.0. The van der Waals surface area contributed by atoms with Crippen molar-refractivity contribution in [1.29, 1.82) is 0 Å². The summed E-state index contributed by atoms with van der Waals surface area (Å²) >= 11 is 1.94. The number of pyridine rings is 1. The van der Waals surface area contributed by atoms with Gasteiger partial charge in [-0.3, -0.25) is 4.98 Å². The normalized spacial score (nSPS) is 13.2. The molecule has 0 radical (unpaired) electrons. The molecule has 2 aromatic heterocycles. The van der Waals surface area contributed by atoms with Gasteiger partial charge >= 0.3 is 0 Å². The van der Waals surface area contributed by atoms with E-state index < -0.39 is 16.1 Å².